The molecule has 0 aliphatic carbocycles. The van der Waals surface area contributed by atoms with Gasteiger partial charge in [0.15, 0.2) is 0 Å². The lowest BCUT2D eigenvalue weighted by atomic mass is 9.67. The SMILES string of the molecule is COc1ccc([C@H](C)[NH2+]CC[C@@]2(c3ccccc3)CCOC(C)(C)C2)cc1. The highest BCUT2D eigenvalue weighted by atomic mass is 16.5. The normalized spacial score (nSPS) is 23.0. The first-order valence-corrected chi connectivity index (χ1v) is 10.1. The molecule has 1 heterocycles. The topological polar surface area (TPSA) is 35.1 Å². The fourth-order valence-corrected chi connectivity index (χ4v) is 4.53. The molecule has 0 amide bonds. The van der Waals surface area contributed by atoms with Crippen molar-refractivity contribution < 1.29 is 14.8 Å². The third-order valence-electron chi connectivity index (χ3n) is 6.01. The fourth-order valence-electron chi connectivity index (χ4n) is 4.53. The number of hydrogen-bond donors (Lipinski definition) is 1. The molecular formula is C24H34NO2+. The molecule has 1 aliphatic heterocycles. The third kappa shape index (κ3) is 4.91. The second-order valence-corrected chi connectivity index (χ2v) is 8.52. The van der Waals surface area contributed by atoms with E-state index >= 15 is 0 Å². The molecule has 2 atom stereocenters. The summed E-state index contributed by atoms with van der Waals surface area (Å²) in [6.07, 6.45) is 3.35. The average molecular weight is 369 g/mol. The van der Waals surface area contributed by atoms with Crippen LogP contribution in [0.1, 0.15) is 57.2 Å². The van der Waals surface area contributed by atoms with Gasteiger partial charge >= 0.3 is 0 Å². The van der Waals surface area contributed by atoms with Gasteiger partial charge in [-0.05, 0) is 63.4 Å². The van der Waals surface area contributed by atoms with Crippen molar-refractivity contribution in [3.05, 3.63) is 65.7 Å². The summed E-state index contributed by atoms with van der Waals surface area (Å²) >= 11 is 0. The van der Waals surface area contributed by atoms with Crippen molar-refractivity contribution in [3.8, 4) is 5.75 Å². The number of hydrogen-bond acceptors (Lipinski definition) is 2. The molecule has 1 saturated heterocycles. The molecule has 0 aromatic heterocycles. The number of rotatable bonds is 7. The molecule has 0 bridgehead atoms. The molecule has 1 aliphatic rings. The maximum atomic E-state index is 6.04. The van der Waals surface area contributed by atoms with Crippen molar-refractivity contribution in [2.45, 2.75) is 57.1 Å². The van der Waals surface area contributed by atoms with Crippen molar-refractivity contribution in [2.75, 3.05) is 20.3 Å². The minimum Gasteiger partial charge on any atom is -0.497 e. The Balaban J connectivity index is 1.68. The number of ether oxygens (including phenoxy) is 2. The summed E-state index contributed by atoms with van der Waals surface area (Å²) in [7, 11) is 1.71. The predicted octanol–water partition coefficient (Wildman–Crippen LogP) is 4.24. The van der Waals surface area contributed by atoms with Crippen LogP contribution in [0.3, 0.4) is 0 Å². The van der Waals surface area contributed by atoms with Crippen molar-refractivity contribution in [1.29, 1.82) is 0 Å². The van der Waals surface area contributed by atoms with Gasteiger partial charge in [-0.2, -0.15) is 0 Å². The molecule has 0 radical (unpaired) electrons. The number of benzene rings is 2. The van der Waals surface area contributed by atoms with Gasteiger partial charge in [0.2, 0.25) is 0 Å². The van der Waals surface area contributed by atoms with Crippen LogP contribution >= 0.6 is 0 Å². The molecule has 146 valence electrons. The van der Waals surface area contributed by atoms with Crippen LogP contribution in [0.5, 0.6) is 5.75 Å². The van der Waals surface area contributed by atoms with Gasteiger partial charge in [-0.3, -0.25) is 0 Å². The maximum Gasteiger partial charge on any atom is 0.118 e. The molecule has 3 nitrogen and oxygen atoms in total. The maximum absolute atomic E-state index is 6.04. The van der Waals surface area contributed by atoms with E-state index in [-0.39, 0.29) is 11.0 Å². The summed E-state index contributed by atoms with van der Waals surface area (Å²) in [4.78, 5) is 0. The Morgan fingerprint density at radius 2 is 1.78 bits per heavy atom. The monoisotopic (exact) mass is 368 g/mol. The van der Waals surface area contributed by atoms with Crippen LogP contribution < -0.4 is 10.1 Å². The summed E-state index contributed by atoms with van der Waals surface area (Å²) in [5.41, 5.74) is 2.96. The minimum absolute atomic E-state index is 0.0598. The van der Waals surface area contributed by atoms with E-state index in [4.69, 9.17) is 9.47 Å². The van der Waals surface area contributed by atoms with Gasteiger partial charge in [0, 0.05) is 24.0 Å². The second kappa shape index (κ2) is 8.45. The molecule has 3 heteroatoms. The standard InChI is InChI=1S/C24H33NO2/c1-19(20-10-12-22(26-4)13-11-20)25-16-14-24(21-8-6-5-7-9-21)15-17-27-23(2,3)18-24/h5-13,19,25H,14-18H2,1-4H3/p+1/t19-,24+/m0/s1. The van der Waals surface area contributed by atoms with E-state index in [1.807, 2.05) is 12.1 Å². The van der Waals surface area contributed by atoms with Crippen LogP contribution in [0.25, 0.3) is 0 Å². The summed E-state index contributed by atoms with van der Waals surface area (Å²) in [6, 6.07) is 19.9. The van der Waals surface area contributed by atoms with Gasteiger partial charge < -0.3 is 14.8 Å². The first-order chi connectivity index (χ1) is 12.9. The van der Waals surface area contributed by atoms with E-state index < -0.39 is 0 Å². The molecule has 2 aromatic rings. The molecule has 0 saturated carbocycles. The highest BCUT2D eigenvalue weighted by Crippen LogP contribution is 2.43. The number of methoxy groups -OCH3 is 1. The summed E-state index contributed by atoms with van der Waals surface area (Å²) < 4.78 is 11.3. The minimum atomic E-state index is -0.0598. The predicted molar refractivity (Wildman–Crippen MR) is 110 cm³/mol. The summed E-state index contributed by atoms with van der Waals surface area (Å²) in [5, 5.41) is 2.47. The largest absolute Gasteiger partial charge is 0.497 e. The smallest absolute Gasteiger partial charge is 0.118 e. The van der Waals surface area contributed by atoms with Crippen molar-refractivity contribution in [3.63, 3.8) is 0 Å². The van der Waals surface area contributed by atoms with Crippen LogP contribution in [0.15, 0.2) is 54.6 Å². The van der Waals surface area contributed by atoms with E-state index in [9.17, 15) is 0 Å². The van der Waals surface area contributed by atoms with Gasteiger partial charge in [-0.15, -0.1) is 0 Å². The average Bonchev–Trinajstić information content (AvgIpc) is 2.68. The van der Waals surface area contributed by atoms with Crippen LogP contribution in [-0.4, -0.2) is 25.9 Å². The molecule has 0 unspecified atom stereocenters. The summed E-state index contributed by atoms with van der Waals surface area (Å²) in [5.74, 6) is 0.915. The highest BCUT2D eigenvalue weighted by Gasteiger charge is 2.42. The van der Waals surface area contributed by atoms with Crippen LogP contribution in [0.4, 0.5) is 0 Å². The Morgan fingerprint density at radius 3 is 2.41 bits per heavy atom. The molecule has 2 N–H and O–H groups in total. The Labute approximate surface area is 164 Å². The number of quaternary nitrogens is 1. The summed E-state index contributed by atoms with van der Waals surface area (Å²) in [6.45, 7) is 8.69. The van der Waals surface area contributed by atoms with Gasteiger partial charge in [0.1, 0.15) is 11.8 Å². The fraction of sp³-hybridized carbons (Fsp3) is 0.500. The molecule has 2 aromatic carbocycles. The van der Waals surface area contributed by atoms with E-state index in [0.717, 1.165) is 31.7 Å². The van der Waals surface area contributed by atoms with E-state index in [1.165, 1.54) is 17.5 Å². The second-order valence-electron chi connectivity index (χ2n) is 8.52. The molecule has 27 heavy (non-hydrogen) atoms. The van der Waals surface area contributed by atoms with Crippen molar-refractivity contribution in [2.24, 2.45) is 0 Å². The lowest BCUT2D eigenvalue weighted by Gasteiger charge is -2.45. The first-order valence-electron chi connectivity index (χ1n) is 10.1. The Morgan fingerprint density at radius 1 is 1.07 bits per heavy atom. The van der Waals surface area contributed by atoms with E-state index in [1.54, 1.807) is 7.11 Å². The zero-order valence-corrected chi connectivity index (χ0v) is 17.2. The third-order valence-corrected chi connectivity index (χ3v) is 6.01. The number of nitrogens with two attached hydrogens (primary N) is 1. The van der Waals surface area contributed by atoms with Crippen molar-refractivity contribution in [1.82, 2.24) is 0 Å². The van der Waals surface area contributed by atoms with Crippen LogP contribution in [0, 0.1) is 0 Å². The Kier molecular flexibility index (Phi) is 6.23. The van der Waals surface area contributed by atoms with Gasteiger partial charge in [0.05, 0.1) is 19.3 Å². The quantitative estimate of drug-likeness (QED) is 0.793. The molecule has 3 rings (SSSR count). The van der Waals surface area contributed by atoms with Crippen LogP contribution in [0.2, 0.25) is 0 Å². The molecule has 1 fully saturated rings. The van der Waals surface area contributed by atoms with E-state index in [2.05, 4.69) is 68.6 Å². The Hall–Kier alpha value is -1.84. The van der Waals surface area contributed by atoms with Gasteiger partial charge in [-0.25, -0.2) is 0 Å². The lowest BCUT2D eigenvalue weighted by Crippen LogP contribution is -2.85. The highest BCUT2D eigenvalue weighted by molar-refractivity contribution is 5.28. The molecular weight excluding hydrogens is 334 g/mol. The zero-order valence-electron chi connectivity index (χ0n) is 17.2. The van der Waals surface area contributed by atoms with Gasteiger partial charge in [0.25, 0.3) is 0 Å². The van der Waals surface area contributed by atoms with Crippen LogP contribution in [-0.2, 0) is 10.2 Å². The van der Waals surface area contributed by atoms with Crippen molar-refractivity contribution >= 4 is 0 Å². The van der Waals surface area contributed by atoms with E-state index in [0.29, 0.717) is 6.04 Å². The zero-order chi connectivity index (χ0) is 19.3. The Bertz CT molecular complexity index is 711. The van der Waals surface area contributed by atoms with Gasteiger partial charge in [-0.1, -0.05) is 30.3 Å². The molecule has 0 spiro atoms. The lowest BCUT2D eigenvalue weighted by molar-refractivity contribution is -0.693. The first kappa shape index (κ1) is 19.9.